The largest absolute Gasteiger partial charge is 0.490 e. The van der Waals surface area contributed by atoms with Crippen molar-refractivity contribution in [1.82, 2.24) is 10.6 Å². The molecular weight excluding hydrogens is 413 g/mol. The summed E-state index contributed by atoms with van der Waals surface area (Å²) in [6.45, 7) is 2.25. The summed E-state index contributed by atoms with van der Waals surface area (Å²) in [7, 11) is 0. The molecule has 0 saturated carbocycles. The van der Waals surface area contributed by atoms with E-state index in [0.29, 0.717) is 6.42 Å². The van der Waals surface area contributed by atoms with Crippen molar-refractivity contribution in [3.05, 3.63) is 70.8 Å². The van der Waals surface area contributed by atoms with Gasteiger partial charge in [0, 0.05) is 19.0 Å². The fourth-order valence-corrected chi connectivity index (χ4v) is 3.58. The fourth-order valence-electron chi connectivity index (χ4n) is 3.58. The molecule has 1 saturated heterocycles. The minimum absolute atomic E-state index is 0.0326. The molecule has 2 heterocycles. The molecule has 6 nitrogen and oxygen atoms in total. The number of hydrogen-bond donors (Lipinski definition) is 3. The van der Waals surface area contributed by atoms with Crippen molar-refractivity contribution < 1.29 is 32.6 Å². The van der Waals surface area contributed by atoms with Crippen LogP contribution < -0.4 is 10.6 Å². The Balaban J connectivity index is 0.000000339. The lowest BCUT2D eigenvalue weighted by molar-refractivity contribution is -0.192. The van der Waals surface area contributed by atoms with Gasteiger partial charge < -0.3 is 20.5 Å². The standard InChI is InChI=1S/C20H22N2O2.C2HF3O2/c23-19-9-8-18(20(22-19)15-4-2-1-3-5-15)21-11-14-6-7-16-12-24-13-17(16)10-14;3-2(4,5)1(6)7/h1-7,10,18,20-21H,8-9,11-13H2,(H,22,23);(H,6,7)/t18-,20+;/m1./s1. The van der Waals surface area contributed by atoms with E-state index in [2.05, 4.69) is 41.0 Å². The SMILES string of the molecule is O=C(O)C(F)(F)F.O=C1CC[C@@H](NCc2ccc3c(c2)COC3)[C@H](c2ccccc2)N1. The Bertz CT molecular complexity index is 919. The molecule has 1 fully saturated rings. The maximum Gasteiger partial charge on any atom is 0.490 e. The number of halogens is 3. The van der Waals surface area contributed by atoms with Crippen LogP contribution >= 0.6 is 0 Å². The van der Waals surface area contributed by atoms with Crippen LogP contribution in [0.4, 0.5) is 13.2 Å². The van der Waals surface area contributed by atoms with Gasteiger partial charge in [-0.25, -0.2) is 4.79 Å². The molecule has 166 valence electrons. The van der Waals surface area contributed by atoms with Gasteiger partial charge in [-0.3, -0.25) is 4.79 Å². The zero-order valence-corrected chi connectivity index (χ0v) is 16.6. The number of rotatable bonds is 4. The maximum atomic E-state index is 11.8. The summed E-state index contributed by atoms with van der Waals surface area (Å²) in [5, 5.41) is 13.9. The molecule has 0 aromatic heterocycles. The number of nitrogens with one attached hydrogen (secondary N) is 2. The minimum atomic E-state index is -5.08. The number of piperidine rings is 1. The van der Waals surface area contributed by atoms with E-state index in [0.717, 1.165) is 31.7 Å². The average molecular weight is 436 g/mol. The summed E-state index contributed by atoms with van der Waals surface area (Å²) in [6.07, 6.45) is -3.64. The normalized spacial score (nSPS) is 20.3. The average Bonchev–Trinajstić information content (AvgIpc) is 3.21. The predicted octanol–water partition coefficient (Wildman–Crippen LogP) is 3.46. The Morgan fingerprint density at radius 1 is 1.13 bits per heavy atom. The Labute approximate surface area is 177 Å². The van der Waals surface area contributed by atoms with Crippen LogP contribution in [0.5, 0.6) is 0 Å². The lowest BCUT2D eigenvalue weighted by Gasteiger charge is -2.33. The Hall–Kier alpha value is -2.91. The number of carboxylic acids is 1. The zero-order valence-electron chi connectivity index (χ0n) is 16.6. The van der Waals surface area contributed by atoms with Gasteiger partial charge in [0.25, 0.3) is 0 Å². The monoisotopic (exact) mass is 436 g/mol. The molecular formula is C22H23F3N2O4. The predicted molar refractivity (Wildman–Crippen MR) is 106 cm³/mol. The van der Waals surface area contributed by atoms with E-state index in [4.69, 9.17) is 14.6 Å². The highest BCUT2D eigenvalue weighted by molar-refractivity contribution is 5.77. The third-order valence-corrected chi connectivity index (χ3v) is 5.16. The van der Waals surface area contributed by atoms with E-state index in [1.165, 1.54) is 16.7 Å². The van der Waals surface area contributed by atoms with Crippen LogP contribution in [0.15, 0.2) is 48.5 Å². The van der Waals surface area contributed by atoms with Gasteiger partial charge in [-0.1, -0.05) is 48.5 Å². The summed E-state index contributed by atoms with van der Waals surface area (Å²) in [5.74, 6) is -2.62. The molecule has 2 aliphatic rings. The van der Waals surface area contributed by atoms with Gasteiger partial charge in [0.15, 0.2) is 0 Å². The lowest BCUT2D eigenvalue weighted by atomic mass is 9.91. The second-order valence-corrected chi connectivity index (χ2v) is 7.38. The summed E-state index contributed by atoms with van der Waals surface area (Å²) < 4.78 is 37.2. The molecule has 1 amide bonds. The molecule has 0 unspecified atom stereocenters. The van der Waals surface area contributed by atoms with Gasteiger partial charge in [0.1, 0.15) is 0 Å². The first-order valence-corrected chi connectivity index (χ1v) is 9.80. The molecule has 2 atom stereocenters. The van der Waals surface area contributed by atoms with Crippen molar-refractivity contribution in [2.45, 2.75) is 50.9 Å². The number of hydrogen-bond acceptors (Lipinski definition) is 4. The van der Waals surface area contributed by atoms with Crippen LogP contribution in [0, 0.1) is 0 Å². The molecule has 0 bridgehead atoms. The number of amides is 1. The number of benzene rings is 2. The highest BCUT2D eigenvalue weighted by Gasteiger charge is 2.38. The molecule has 31 heavy (non-hydrogen) atoms. The first-order valence-electron chi connectivity index (χ1n) is 9.80. The van der Waals surface area contributed by atoms with Gasteiger partial charge in [0.2, 0.25) is 5.91 Å². The second-order valence-electron chi connectivity index (χ2n) is 7.38. The van der Waals surface area contributed by atoms with Crippen LogP contribution in [0.3, 0.4) is 0 Å². The van der Waals surface area contributed by atoms with Gasteiger partial charge >= 0.3 is 12.1 Å². The molecule has 0 spiro atoms. The van der Waals surface area contributed by atoms with Crippen molar-refractivity contribution in [2.24, 2.45) is 0 Å². The number of fused-ring (bicyclic) bond motifs is 1. The van der Waals surface area contributed by atoms with Gasteiger partial charge in [-0.15, -0.1) is 0 Å². The Kier molecular flexibility index (Phi) is 7.29. The highest BCUT2D eigenvalue weighted by Crippen LogP contribution is 2.25. The van der Waals surface area contributed by atoms with Gasteiger partial charge in [-0.2, -0.15) is 13.2 Å². The topological polar surface area (TPSA) is 87.7 Å². The van der Waals surface area contributed by atoms with E-state index < -0.39 is 12.1 Å². The summed E-state index contributed by atoms with van der Waals surface area (Å²) in [5.41, 5.74) is 5.02. The molecule has 2 aromatic rings. The summed E-state index contributed by atoms with van der Waals surface area (Å²) >= 11 is 0. The van der Waals surface area contributed by atoms with Gasteiger partial charge in [0.05, 0.1) is 19.3 Å². The Morgan fingerprint density at radius 3 is 2.48 bits per heavy atom. The summed E-state index contributed by atoms with van der Waals surface area (Å²) in [4.78, 5) is 20.7. The number of alkyl halides is 3. The lowest BCUT2D eigenvalue weighted by Crippen LogP contribution is -2.48. The van der Waals surface area contributed by atoms with Crippen molar-refractivity contribution >= 4 is 11.9 Å². The fraction of sp³-hybridized carbons (Fsp3) is 0.364. The van der Waals surface area contributed by atoms with Crippen LogP contribution in [-0.4, -0.2) is 29.2 Å². The molecule has 0 radical (unpaired) electrons. The van der Waals surface area contributed by atoms with E-state index in [9.17, 15) is 18.0 Å². The van der Waals surface area contributed by atoms with Crippen LogP contribution in [0.25, 0.3) is 0 Å². The maximum absolute atomic E-state index is 11.8. The van der Waals surface area contributed by atoms with E-state index in [1.54, 1.807) is 0 Å². The number of carbonyl (C=O) groups is 2. The van der Waals surface area contributed by atoms with Crippen LogP contribution in [0.1, 0.15) is 41.1 Å². The first-order chi connectivity index (χ1) is 14.7. The van der Waals surface area contributed by atoms with Crippen molar-refractivity contribution in [3.63, 3.8) is 0 Å². The number of carbonyl (C=O) groups excluding carboxylic acids is 1. The molecule has 2 aliphatic heterocycles. The number of aliphatic carboxylic acids is 1. The smallest absolute Gasteiger partial charge is 0.475 e. The Morgan fingerprint density at radius 2 is 1.81 bits per heavy atom. The quantitative estimate of drug-likeness (QED) is 0.683. The number of ether oxygens (including phenoxy) is 1. The van der Waals surface area contributed by atoms with E-state index in [-0.39, 0.29) is 18.0 Å². The third-order valence-electron chi connectivity index (χ3n) is 5.16. The van der Waals surface area contributed by atoms with Crippen LogP contribution in [0.2, 0.25) is 0 Å². The van der Waals surface area contributed by atoms with Gasteiger partial charge in [-0.05, 0) is 28.7 Å². The third kappa shape index (κ3) is 6.28. The molecule has 2 aromatic carbocycles. The van der Waals surface area contributed by atoms with Crippen molar-refractivity contribution in [1.29, 1.82) is 0 Å². The highest BCUT2D eigenvalue weighted by atomic mass is 19.4. The zero-order chi connectivity index (χ0) is 22.4. The van der Waals surface area contributed by atoms with E-state index in [1.807, 2.05) is 18.2 Å². The van der Waals surface area contributed by atoms with Crippen molar-refractivity contribution in [3.8, 4) is 0 Å². The van der Waals surface area contributed by atoms with Crippen molar-refractivity contribution in [2.75, 3.05) is 0 Å². The number of carboxylic acid groups (broad SMARTS) is 1. The molecule has 0 aliphatic carbocycles. The summed E-state index contributed by atoms with van der Waals surface area (Å²) in [6, 6.07) is 17.0. The minimum Gasteiger partial charge on any atom is -0.475 e. The molecule has 9 heteroatoms. The second kappa shape index (κ2) is 9.93. The molecule has 4 rings (SSSR count). The van der Waals surface area contributed by atoms with Crippen LogP contribution in [-0.2, 0) is 34.1 Å². The van der Waals surface area contributed by atoms with E-state index >= 15 is 0 Å². The molecule has 3 N–H and O–H groups in total. The first kappa shape index (κ1) is 22.8.